The second-order valence-corrected chi connectivity index (χ2v) is 5.19. The lowest BCUT2D eigenvalue weighted by atomic mass is 9.68. The number of rotatable bonds is 0. The number of hydrogen-bond acceptors (Lipinski definition) is 2. The molecule has 0 aromatic carbocycles. The van der Waals surface area contributed by atoms with Gasteiger partial charge in [-0.15, -0.1) is 11.6 Å². The summed E-state index contributed by atoms with van der Waals surface area (Å²) in [6.45, 7) is 0. The highest BCUT2D eigenvalue weighted by molar-refractivity contribution is 6.21. The second kappa shape index (κ2) is 2.63. The molecule has 0 aromatic rings. The molecule has 2 nitrogen and oxygen atoms in total. The number of halogens is 1. The molecule has 2 aliphatic heterocycles. The number of ether oxygens (including phenoxy) is 1. The van der Waals surface area contributed by atoms with Crippen LogP contribution in [0.3, 0.4) is 0 Å². The lowest BCUT2D eigenvalue weighted by molar-refractivity contribution is -0.151. The Kier molecular flexibility index (Phi) is 1.64. The summed E-state index contributed by atoms with van der Waals surface area (Å²) in [7, 11) is 0. The first-order chi connectivity index (χ1) is 6.24. The molecule has 0 N–H and O–H groups in total. The van der Waals surface area contributed by atoms with Crippen molar-refractivity contribution in [3.8, 4) is 0 Å². The van der Waals surface area contributed by atoms with Crippen LogP contribution in [0.15, 0.2) is 0 Å². The van der Waals surface area contributed by atoms with Crippen molar-refractivity contribution in [2.75, 3.05) is 0 Å². The first-order valence-corrected chi connectivity index (χ1v) is 5.52. The minimum atomic E-state index is 0.0142. The summed E-state index contributed by atoms with van der Waals surface area (Å²) in [5.74, 6) is 1.42. The molecular weight excluding hydrogens is 188 g/mol. The van der Waals surface area contributed by atoms with Gasteiger partial charge in [0.25, 0.3) is 0 Å². The van der Waals surface area contributed by atoms with Gasteiger partial charge in [0.1, 0.15) is 6.10 Å². The van der Waals surface area contributed by atoms with E-state index in [9.17, 15) is 4.79 Å². The monoisotopic (exact) mass is 200 g/mol. The summed E-state index contributed by atoms with van der Waals surface area (Å²) in [6.07, 6.45) is 4.27. The molecule has 2 aliphatic carbocycles. The Morgan fingerprint density at radius 1 is 1.23 bits per heavy atom. The van der Waals surface area contributed by atoms with Crippen LogP contribution in [-0.4, -0.2) is 17.5 Å². The Morgan fingerprint density at radius 3 is 2.92 bits per heavy atom. The van der Waals surface area contributed by atoms with E-state index in [4.69, 9.17) is 16.3 Å². The fourth-order valence-corrected chi connectivity index (χ4v) is 3.61. The van der Waals surface area contributed by atoms with Gasteiger partial charge < -0.3 is 4.74 Å². The van der Waals surface area contributed by atoms with Crippen molar-refractivity contribution in [1.82, 2.24) is 0 Å². The molecule has 0 spiro atoms. The maximum atomic E-state index is 11.5. The predicted octanol–water partition coefficient (Wildman–Crippen LogP) is 1.96. The standard InChI is InChI=1S/C10H13ClO2/c11-9-6-1-5-2-7(4-6)10(12)13-8(9)3-5/h5-9H,1-4H2. The van der Waals surface area contributed by atoms with E-state index in [-0.39, 0.29) is 23.4 Å². The number of esters is 1. The average Bonchev–Trinajstić information content (AvgIpc) is 2.26. The van der Waals surface area contributed by atoms with Gasteiger partial charge in [-0.3, -0.25) is 4.79 Å². The van der Waals surface area contributed by atoms with E-state index in [2.05, 4.69) is 0 Å². The number of carbonyl (C=O) groups excluding carboxylic acids is 1. The highest BCUT2D eigenvalue weighted by Gasteiger charge is 2.49. The van der Waals surface area contributed by atoms with Gasteiger partial charge in [0.15, 0.2) is 0 Å². The first-order valence-electron chi connectivity index (χ1n) is 5.08. The van der Waals surface area contributed by atoms with Crippen LogP contribution in [0.2, 0.25) is 0 Å². The van der Waals surface area contributed by atoms with E-state index in [0.29, 0.717) is 11.8 Å². The molecule has 0 radical (unpaired) electrons. The average molecular weight is 201 g/mol. The summed E-state index contributed by atoms with van der Waals surface area (Å²) in [6, 6.07) is 0. The number of alkyl halides is 1. The second-order valence-electron chi connectivity index (χ2n) is 4.69. The van der Waals surface area contributed by atoms with Crippen LogP contribution in [0.1, 0.15) is 25.7 Å². The van der Waals surface area contributed by atoms with Crippen LogP contribution in [0.25, 0.3) is 0 Å². The maximum Gasteiger partial charge on any atom is 0.309 e. The van der Waals surface area contributed by atoms with Gasteiger partial charge in [-0.2, -0.15) is 0 Å². The van der Waals surface area contributed by atoms with Crippen LogP contribution in [0.5, 0.6) is 0 Å². The molecule has 4 fully saturated rings. The molecule has 5 atom stereocenters. The molecule has 0 amide bonds. The largest absolute Gasteiger partial charge is 0.461 e. The third kappa shape index (κ3) is 1.11. The minimum Gasteiger partial charge on any atom is -0.461 e. The molecule has 2 saturated heterocycles. The first kappa shape index (κ1) is 8.10. The molecule has 0 aromatic heterocycles. The van der Waals surface area contributed by atoms with E-state index in [1.165, 1.54) is 6.42 Å². The molecule has 2 heterocycles. The van der Waals surface area contributed by atoms with Gasteiger partial charge in [0.05, 0.1) is 11.3 Å². The molecule has 72 valence electrons. The van der Waals surface area contributed by atoms with Crippen molar-refractivity contribution in [2.45, 2.75) is 37.2 Å². The summed E-state index contributed by atoms with van der Waals surface area (Å²) in [5, 5.41) is 0.0884. The quantitative estimate of drug-likeness (QED) is 0.442. The topological polar surface area (TPSA) is 26.3 Å². The van der Waals surface area contributed by atoms with Crippen molar-refractivity contribution in [3.63, 3.8) is 0 Å². The van der Waals surface area contributed by atoms with E-state index < -0.39 is 0 Å². The van der Waals surface area contributed by atoms with Gasteiger partial charge in [-0.1, -0.05) is 0 Å². The zero-order chi connectivity index (χ0) is 9.00. The molecular formula is C10H13ClO2. The zero-order valence-electron chi connectivity index (χ0n) is 7.41. The van der Waals surface area contributed by atoms with Crippen LogP contribution in [0, 0.1) is 17.8 Å². The van der Waals surface area contributed by atoms with Crippen molar-refractivity contribution in [1.29, 1.82) is 0 Å². The highest BCUT2D eigenvalue weighted by Crippen LogP contribution is 2.48. The molecule has 2 saturated carbocycles. The van der Waals surface area contributed by atoms with Crippen LogP contribution in [-0.2, 0) is 9.53 Å². The van der Waals surface area contributed by atoms with Crippen molar-refractivity contribution in [3.05, 3.63) is 0 Å². The van der Waals surface area contributed by atoms with E-state index in [1.54, 1.807) is 0 Å². The Bertz CT molecular complexity index is 253. The molecule has 13 heavy (non-hydrogen) atoms. The zero-order valence-corrected chi connectivity index (χ0v) is 8.17. The third-order valence-electron chi connectivity index (χ3n) is 3.81. The van der Waals surface area contributed by atoms with Crippen LogP contribution < -0.4 is 0 Å². The predicted molar refractivity (Wildman–Crippen MR) is 48.5 cm³/mol. The lowest BCUT2D eigenvalue weighted by Crippen LogP contribution is -2.39. The smallest absolute Gasteiger partial charge is 0.309 e. The summed E-state index contributed by atoms with van der Waals surface area (Å²) < 4.78 is 5.38. The minimum absolute atomic E-state index is 0.0142. The Labute approximate surface area is 82.6 Å². The number of hydrogen-bond donors (Lipinski definition) is 0. The Hall–Kier alpha value is -0.240. The van der Waals surface area contributed by atoms with Crippen LogP contribution >= 0.6 is 11.6 Å². The lowest BCUT2D eigenvalue weighted by Gasteiger charge is -2.39. The highest BCUT2D eigenvalue weighted by atomic mass is 35.5. The van der Waals surface area contributed by atoms with E-state index in [0.717, 1.165) is 19.3 Å². The summed E-state index contributed by atoms with van der Waals surface area (Å²) >= 11 is 6.26. The van der Waals surface area contributed by atoms with Gasteiger partial charge in [0.2, 0.25) is 0 Å². The van der Waals surface area contributed by atoms with E-state index >= 15 is 0 Å². The Morgan fingerprint density at radius 2 is 2.08 bits per heavy atom. The third-order valence-corrected chi connectivity index (χ3v) is 4.45. The van der Waals surface area contributed by atoms with Crippen molar-refractivity contribution < 1.29 is 9.53 Å². The molecule has 5 unspecified atom stereocenters. The van der Waals surface area contributed by atoms with Crippen molar-refractivity contribution >= 4 is 17.6 Å². The van der Waals surface area contributed by atoms with Gasteiger partial charge >= 0.3 is 5.97 Å². The molecule has 4 bridgehead atoms. The number of carbonyl (C=O) groups is 1. The SMILES string of the molecule is O=C1OC2CC3CC1CC(C3)C2Cl. The molecule has 4 aliphatic rings. The number of fused-ring (bicyclic) bond motifs is 1. The fourth-order valence-electron chi connectivity index (χ4n) is 3.25. The van der Waals surface area contributed by atoms with Gasteiger partial charge in [-0.25, -0.2) is 0 Å². The van der Waals surface area contributed by atoms with Gasteiger partial charge in [-0.05, 0) is 37.5 Å². The fraction of sp³-hybridized carbons (Fsp3) is 0.900. The Balaban J connectivity index is 1.98. The molecule has 3 heteroatoms. The normalized spacial score (nSPS) is 53.3. The summed E-state index contributed by atoms with van der Waals surface area (Å²) in [4.78, 5) is 11.5. The maximum absolute atomic E-state index is 11.5. The van der Waals surface area contributed by atoms with E-state index in [1.807, 2.05) is 0 Å². The van der Waals surface area contributed by atoms with Crippen molar-refractivity contribution in [2.24, 2.45) is 17.8 Å². The van der Waals surface area contributed by atoms with Crippen LogP contribution in [0.4, 0.5) is 0 Å². The van der Waals surface area contributed by atoms with Gasteiger partial charge in [0, 0.05) is 0 Å². The summed E-state index contributed by atoms with van der Waals surface area (Å²) in [5.41, 5.74) is 0. The molecule has 4 rings (SSSR count).